The van der Waals surface area contributed by atoms with E-state index in [9.17, 15) is 13.2 Å². The number of fused-ring (bicyclic) bond motifs is 1. The van der Waals surface area contributed by atoms with Gasteiger partial charge in [0.05, 0.1) is 17.0 Å². The van der Waals surface area contributed by atoms with E-state index < -0.39 is 11.7 Å². The van der Waals surface area contributed by atoms with Gasteiger partial charge in [0, 0.05) is 18.5 Å². The summed E-state index contributed by atoms with van der Waals surface area (Å²) in [6, 6.07) is 4.91. The summed E-state index contributed by atoms with van der Waals surface area (Å²) in [5, 5.41) is 3.82. The van der Waals surface area contributed by atoms with Crippen LogP contribution in [0.15, 0.2) is 33.8 Å². The standard InChI is InChI=1S/C14H12F3N3O/c1-7(18)11-6-13(21-20-11)12-5-8-4-9(14(15,16)17)2-3-10(8)19-12/h2-4,6-7H,5,18H2,1H3/t7-/m0/s1. The maximum Gasteiger partial charge on any atom is 0.416 e. The topological polar surface area (TPSA) is 64.4 Å². The van der Waals surface area contributed by atoms with Crippen LogP contribution in [0.5, 0.6) is 0 Å². The number of nitrogens with zero attached hydrogens (tertiary/aromatic N) is 2. The monoisotopic (exact) mass is 295 g/mol. The molecule has 0 bridgehead atoms. The Bertz CT molecular complexity index is 716. The molecule has 1 aliphatic heterocycles. The van der Waals surface area contributed by atoms with Gasteiger partial charge in [-0.3, -0.25) is 0 Å². The molecule has 2 N–H and O–H groups in total. The van der Waals surface area contributed by atoms with Gasteiger partial charge >= 0.3 is 6.18 Å². The summed E-state index contributed by atoms with van der Waals surface area (Å²) in [7, 11) is 0. The van der Waals surface area contributed by atoms with Crippen molar-refractivity contribution in [2.75, 3.05) is 0 Å². The summed E-state index contributed by atoms with van der Waals surface area (Å²) >= 11 is 0. The second-order valence-corrected chi connectivity index (χ2v) is 4.98. The van der Waals surface area contributed by atoms with E-state index in [1.54, 1.807) is 13.0 Å². The van der Waals surface area contributed by atoms with Crippen molar-refractivity contribution in [1.29, 1.82) is 0 Å². The Kier molecular flexibility index (Phi) is 3.09. The zero-order chi connectivity index (χ0) is 15.2. The largest absolute Gasteiger partial charge is 0.416 e. The quantitative estimate of drug-likeness (QED) is 0.923. The minimum atomic E-state index is -4.35. The molecule has 1 aliphatic rings. The first-order chi connectivity index (χ1) is 9.84. The molecule has 1 aromatic heterocycles. The van der Waals surface area contributed by atoms with Crippen LogP contribution in [0.25, 0.3) is 0 Å². The molecule has 21 heavy (non-hydrogen) atoms. The lowest BCUT2D eigenvalue weighted by Crippen LogP contribution is -2.06. The van der Waals surface area contributed by atoms with Crippen LogP contribution >= 0.6 is 0 Å². The van der Waals surface area contributed by atoms with Crippen molar-refractivity contribution in [3.8, 4) is 0 Å². The Hall–Kier alpha value is -2.15. The van der Waals surface area contributed by atoms with Crippen LogP contribution in [0, 0.1) is 0 Å². The van der Waals surface area contributed by atoms with Gasteiger partial charge in [0.25, 0.3) is 0 Å². The average Bonchev–Trinajstić information content (AvgIpc) is 3.03. The highest BCUT2D eigenvalue weighted by molar-refractivity contribution is 6.04. The maximum absolute atomic E-state index is 12.7. The Balaban J connectivity index is 1.89. The minimum absolute atomic E-state index is 0.274. The van der Waals surface area contributed by atoms with Crippen molar-refractivity contribution < 1.29 is 17.7 Å². The molecule has 7 heteroatoms. The summed E-state index contributed by atoms with van der Waals surface area (Å²) in [5.41, 5.74) is 7.21. The minimum Gasteiger partial charge on any atom is -0.355 e. The molecule has 0 saturated heterocycles. The third-order valence-corrected chi connectivity index (χ3v) is 3.30. The first-order valence-corrected chi connectivity index (χ1v) is 6.35. The Labute approximate surface area is 118 Å². The van der Waals surface area contributed by atoms with E-state index in [1.807, 2.05) is 0 Å². The molecule has 0 radical (unpaired) electrons. The predicted molar refractivity (Wildman–Crippen MR) is 70.5 cm³/mol. The Morgan fingerprint density at radius 1 is 1.29 bits per heavy atom. The van der Waals surface area contributed by atoms with E-state index in [0.717, 1.165) is 12.1 Å². The van der Waals surface area contributed by atoms with Crippen molar-refractivity contribution in [3.05, 3.63) is 46.8 Å². The van der Waals surface area contributed by atoms with E-state index in [0.29, 0.717) is 28.4 Å². The summed E-state index contributed by atoms with van der Waals surface area (Å²) in [6.07, 6.45) is -4.07. The molecule has 0 saturated carbocycles. The van der Waals surface area contributed by atoms with Crippen molar-refractivity contribution in [3.63, 3.8) is 0 Å². The van der Waals surface area contributed by atoms with Crippen LogP contribution in [0.2, 0.25) is 0 Å². The van der Waals surface area contributed by atoms with Gasteiger partial charge in [0.2, 0.25) is 0 Å². The number of benzene rings is 1. The fourth-order valence-electron chi connectivity index (χ4n) is 2.16. The van der Waals surface area contributed by atoms with Gasteiger partial charge in [0.1, 0.15) is 5.69 Å². The van der Waals surface area contributed by atoms with E-state index in [-0.39, 0.29) is 12.5 Å². The third kappa shape index (κ3) is 2.56. The number of hydrogen-bond donors (Lipinski definition) is 1. The highest BCUT2D eigenvalue weighted by Gasteiger charge is 2.32. The number of rotatable bonds is 2. The van der Waals surface area contributed by atoms with Gasteiger partial charge in [0.15, 0.2) is 5.76 Å². The molecule has 1 aromatic carbocycles. The normalized spacial score (nSPS) is 15.8. The molecule has 3 rings (SSSR count). The number of nitrogens with two attached hydrogens (primary N) is 1. The smallest absolute Gasteiger partial charge is 0.355 e. The van der Waals surface area contributed by atoms with Crippen LogP contribution < -0.4 is 5.73 Å². The number of aliphatic imine (C=N–C) groups is 1. The molecule has 2 aromatic rings. The van der Waals surface area contributed by atoms with Crippen molar-refractivity contribution in [1.82, 2.24) is 5.16 Å². The van der Waals surface area contributed by atoms with Crippen molar-refractivity contribution in [2.45, 2.75) is 25.6 Å². The molecule has 0 spiro atoms. The Morgan fingerprint density at radius 3 is 2.67 bits per heavy atom. The van der Waals surface area contributed by atoms with Crippen LogP contribution in [-0.2, 0) is 12.6 Å². The van der Waals surface area contributed by atoms with E-state index in [2.05, 4.69) is 10.1 Å². The zero-order valence-corrected chi connectivity index (χ0v) is 11.1. The fraction of sp³-hybridized carbons (Fsp3) is 0.286. The number of alkyl halides is 3. The highest BCUT2D eigenvalue weighted by atomic mass is 19.4. The molecular formula is C14H12F3N3O. The second kappa shape index (κ2) is 4.70. The van der Waals surface area contributed by atoms with Crippen molar-refractivity contribution in [2.24, 2.45) is 10.7 Å². The van der Waals surface area contributed by atoms with Crippen LogP contribution in [0.1, 0.15) is 35.5 Å². The predicted octanol–water partition coefficient (Wildman–Crippen LogP) is 3.39. The summed E-state index contributed by atoms with van der Waals surface area (Å²) in [6.45, 7) is 1.77. The number of halogens is 3. The van der Waals surface area contributed by atoms with E-state index in [1.165, 1.54) is 6.07 Å². The van der Waals surface area contributed by atoms with Gasteiger partial charge in [-0.1, -0.05) is 5.16 Å². The van der Waals surface area contributed by atoms with Crippen LogP contribution in [0.3, 0.4) is 0 Å². The molecule has 0 unspecified atom stereocenters. The molecular weight excluding hydrogens is 283 g/mol. The lowest BCUT2D eigenvalue weighted by Gasteiger charge is -2.07. The third-order valence-electron chi connectivity index (χ3n) is 3.30. The van der Waals surface area contributed by atoms with Gasteiger partial charge in [-0.05, 0) is 30.7 Å². The first kappa shape index (κ1) is 13.8. The molecule has 2 heterocycles. The van der Waals surface area contributed by atoms with Crippen LogP contribution in [-0.4, -0.2) is 10.9 Å². The molecule has 4 nitrogen and oxygen atoms in total. The molecule has 0 fully saturated rings. The number of hydrogen-bond acceptors (Lipinski definition) is 4. The van der Waals surface area contributed by atoms with Gasteiger partial charge < -0.3 is 10.3 Å². The van der Waals surface area contributed by atoms with Crippen LogP contribution in [0.4, 0.5) is 18.9 Å². The fourth-order valence-corrected chi connectivity index (χ4v) is 2.16. The van der Waals surface area contributed by atoms with Crippen molar-refractivity contribution >= 4 is 11.4 Å². The molecule has 110 valence electrons. The maximum atomic E-state index is 12.7. The summed E-state index contributed by atoms with van der Waals surface area (Å²) in [5.74, 6) is 0.437. The number of aromatic nitrogens is 1. The molecule has 0 aliphatic carbocycles. The lowest BCUT2D eigenvalue weighted by molar-refractivity contribution is -0.137. The second-order valence-electron chi connectivity index (χ2n) is 4.98. The van der Waals surface area contributed by atoms with Gasteiger partial charge in [-0.15, -0.1) is 0 Å². The first-order valence-electron chi connectivity index (χ1n) is 6.35. The molecule has 1 atom stereocenters. The van der Waals surface area contributed by atoms with Gasteiger partial charge in [-0.25, -0.2) is 4.99 Å². The Morgan fingerprint density at radius 2 is 2.05 bits per heavy atom. The summed E-state index contributed by atoms with van der Waals surface area (Å²) < 4.78 is 43.2. The van der Waals surface area contributed by atoms with E-state index in [4.69, 9.17) is 10.3 Å². The zero-order valence-electron chi connectivity index (χ0n) is 11.1. The average molecular weight is 295 g/mol. The molecule has 0 amide bonds. The summed E-state index contributed by atoms with van der Waals surface area (Å²) in [4.78, 5) is 4.29. The van der Waals surface area contributed by atoms with Gasteiger partial charge in [-0.2, -0.15) is 13.2 Å². The highest BCUT2D eigenvalue weighted by Crippen LogP contribution is 2.36. The van der Waals surface area contributed by atoms with E-state index >= 15 is 0 Å². The lowest BCUT2D eigenvalue weighted by atomic mass is 10.0. The SMILES string of the molecule is C[C@H](N)c1cc(C2=Nc3ccc(C(F)(F)F)cc3C2)on1.